The van der Waals surface area contributed by atoms with Gasteiger partial charge in [-0.15, -0.1) is 0 Å². The smallest absolute Gasteiger partial charge is 0.252 e. The van der Waals surface area contributed by atoms with Crippen molar-refractivity contribution in [1.29, 1.82) is 0 Å². The topological polar surface area (TPSA) is 75.3 Å². The third kappa shape index (κ3) is 3.20. The molecular weight excluding hydrogens is 350 g/mol. The van der Waals surface area contributed by atoms with Crippen LogP contribution in [0.4, 0.5) is 0 Å². The molecule has 0 spiro atoms. The summed E-state index contributed by atoms with van der Waals surface area (Å²) in [4.78, 5) is 12.9. The van der Waals surface area contributed by atoms with Crippen LogP contribution in [0.1, 0.15) is 29.8 Å². The number of fused-ring (bicyclic) bond motifs is 2. The maximum atomic E-state index is 12.9. The van der Waals surface area contributed by atoms with Crippen LogP contribution in [0.5, 0.6) is 28.7 Å². The second kappa shape index (κ2) is 6.57. The van der Waals surface area contributed by atoms with Crippen LogP contribution in [0.25, 0.3) is 0 Å². The van der Waals surface area contributed by atoms with Gasteiger partial charge < -0.3 is 29.0 Å². The van der Waals surface area contributed by atoms with Gasteiger partial charge in [-0.05, 0) is 43.7 Å². The van der Waals surface area contributed by atoms with E-state index < -0.39 is 5.54 Å². The van der Waals surface area contributed by atoms with E-state index in [1.165, 1.54) is 7.11 Å². The predicted octanol–water partition coefficient (Wildman–Crippen LogP) is 2.86. The molecule has 7 nitrogen and oxygen atoms in total. The molecule has 2 aromatic rings. The first-order valence-electron chi connectivity index (χ1n) is 8.68. The molecule has 0 aliphatic carbocycles. The van der Waals surface area contributed by atoms with Crippen molar-refractivity contribution in [3.63, 3.8) is 0 Å². The number of hydrogen-bond acceptors (Lipinski definition) is 6. The van der Waals surface area contributed by atoms with Crippen LogP contribution < -0.4 is 29.0 Å². The fourth-order valence-electron chi connectivity index (χ4n) is 3.12. The van der Waals surface area contributed by atoms with E-state index >= 15 is 0 Å². The summed E-state index contributed by atoms with van der Waals surface area (Å²) >= 11 is 0. The van der Waals surface area contributed by atoms with Gasteiger partial charge in [0.05, 0.1) is 12.6 Å². The van der Waals surface area contributed by atoms with Crippen molar-refractivity contribution in [1.82, 2.24) is 5.32 Å². The van der Waals surface area contributed by atoms with Gasteiger partial charge in [0.1, 0.15) is 13.2 Å². The van der Waals surface area contributed by atoms with Gasteiger partial charge >= 0.3 is 0 Å². The van der Waals surface area contributed by atoms with Gasteiger partial charge in [0.15, 0.2) is 23.0 Å². The predicted molar refractivity (Wildman–Crippen MR) is 97.0 cm³/mol. The van der Waals surface area contributed by atoms with Crippen LogP contribution in [0.2, 0.25) is 0 Å². The lowest BCUT2D eigenvalue weighted by Gasteiger charge is -2.28. The van der Waals surface area contributed by atoms with E-state index in [9.17, 15) is 4.79 Å². The lowest BCUT2D eigenvalue weighted by molar-refractivity contribution is 0.0910. The molecule has 1 amide bonds. The molecule has 7 heteroatoms. The molecule has 0 saturated carbocycles. The van der Waals surface area contributed by atoms with Gasteiger partial charge in [-0.25, -0.2) is 0 Å². The third-order valence-electron chi connectivity index (χ3n) is 4.61. The lowest BCUT2D eigenvalue weighted by Crippen LogP contribution is -2.41. The van der Waals surface area contributed by atoms with Crippen LogP contribution in [0, 0.1) is 0 Å². The summed E-state index contributed by atoms with van der Waals surface area (Å²) in [6.07, 6.45) is 0. The molecule has 0 unspecified atom stereocenters. The van der Waals surface area contributed by atoms with Crippen LogP contribution in [0.15, 0.2) is 30.3 Å². The highest BCUT2D eigenvalue weighted by molar-refractivity contribution is 5.96. The molecule has 0 aromatic heterocycles. The molecule has 0 saturated heterocycles. The molecule has 1 N–H and O–H groups in total. The van der Waals surface area contributed by atoms with Gasteiger partial charge in [-0.2, -0.15) is 0 Å². The molecule has 0 bridgehead atoms. The maximum absolute atomic E-state index is 12.9. The average Bonchev–Trinajstić information content (AvgIpc) is 3.14. The fraction of sp³-hybridized carbons (Fsp3) is 0.350. The molecule has 0 radical (unpaired) electrons. The molecule has 4 rings (SSSR count). The minimum absolute atomic E-state index is 0.211. The lowest BCUT2D eigenvalue weighted by atomic mass is 9.93. The molecule has 0 atom stereocenters. The van der Waals surface area contributed by atoms with Crippen molar-refractivity contribution < 1.29 is 28.5 Å². The Morgan fingerprint density at radius 3 is 2.59 bits per heavy atom. The van der Waals surface area contributed by atoms with Crippen molar-refractivity contribution in [2.75, 3.05) is 27.1 Å². The highest BCUT2D eigenvalue weighted by atomic mass is 16.7. The van der Waals surface area contributed by atoms with Gasteiger partial charge in [-0.1, -0.05) is 6.07 Å². The first kappa shape index (κ1) is 17.3. The standard InChI is InChI=1S/C20H21NO6/c1-20(2,13-4-5-14-15(10-13)27-11-26-14)21-19(22)12-8-16(23-3)18-17(9-12)24-6-7-25-18/h4-5,8-10H,6-7,11H2,1-3H3,(H,21,22). The molecule has 2 aliphatic rings. The Morgan fingerprint density at radius 2 is 1.78 bits per heavy atom. The average molecular weight is 371 g/mol. The number of carbonyl (C=O) groups is 1. The molecule has 2 aromatic carbocycles. The number of hydrogen-bond donors (Lipinski definition) is 1. The van der Waals surface area contributed by atoms with Gasteiger partial charge in [0.25, 0.3) is 5.91 Å². The normalized spacial score (nSPS) is 14.6. The van der Waals surface area contributed by atoms with Gasteiger partial charge in [0.2, 0.25) is 12.5 Å². The maximum Gasteiger partial charge on any atom is 0.252 e. The Balaban J connectivity index is 1.59. The highest BCUT2D eigenvalue weighted by Crippen LogP contribution is 2.41. The zero-order chi connectivity index (χ0) is 19.0. The van der Waals surface area contributed by atoms with Gasteiger partial charge in [0, 0.05) is 5.56 Å². The van der Waals surface area contributed by atoms with Crippen molar-refractivity contribution in [2.45, 2.75) is 19.4 Å². The number of carbonyl (C=O) groups excluding carboxylic acids is 1. The molecule has 2 heterocycles. The van der Waals surface area contributed by atoms with E-state index in [4.69, 9.17) is 23.7 Å². The molecule has 2 aliphatic heterocycles. The Hall–Kier alpha value is -3.09. The number of nitrogens with one attached hydrogen (secondary N) is 1. The van der Waals surface area contributed by atoms with E-state index in [0.717, 1.165) is 5.56 Å². The Morgan fingerprint density at radius 1 is 1.00 bits per heavy atom. The summed E-state index contributed by atoms with van der Waals surface area (Å²) in [5, 5.41) is 3.05. The van der Waals surface area contributed by atoms with E-state index in [2.05, 4.69) is 5.32 Å². The molecule has 0 fully saturated rings. The molecule has 142 valence electrons. The monoisotopic (exact) mass is 371 g/mol. The largest absolute Gasteiger partial charge is 0.493 e. The number of benzene rings is 2. The van der Waals surface area contributed by atoms with Crippen molar-refractivity contribution in [3.8, 4) is 28.7 Å². The van der Waals surface area contributed by atoms with Crippen molar-refractivity contribution in [2.24, 2.45) is 0 Å². The number of methoxy groups -OCH3 is 1. The number of amides is 1. The van der Waals surface area contributed by atoms with Crippen molar-refractivity contribution >= 4 is 5.91 Å². The summed E-state index contributed by atoms with van der Waals surface area (Å²) in [6.45, 7) is 4.95. The van der Waals surface area contributed by atoms with E-state index in [-0.39, 0.29) is 12.7 Å². The summed E-state index contributed by atoms with van der Waals surface area (Å²) < 4.78 is 27.3. The molecular formula is C20H21NO6. The molecule has 27 heavy (non-hydrogen) atoms. The third-order valence-corrected chi connectivity index (χ3v) is 4.61. The van der Waals surface area contributed by atoms with Gasteiger partial charge in [-0.3, -0.25) is 4.79 Å². The minimum atomic E-state index is -0.626. The summed E-state index contributed by atoms with van der Waals surface area (Å²) in [7, 11) is 1.53. The zero-order valence-corrected chi connectivity index (χ0v) is 15.5. The quantitative estimate of drug-likeness (QED) is 0.891. The first-order chi connectivity index (χ1) is 13.0. The first-order valence-corrected chi connectivity index (χ1v) is 8.68. The highest BCUT2D eigenvalue weighted by Gasteiger charge is 2.28. The zero-order valence-electron chi connectivity index (χ0n) is 15.5. The van der Waals surface area contributed by atoms with Crippen LogP contribution in [-0.2, 0) is 5.54 Å². The van der Waals surface area contributed by atoms with E-state index in [1.54, 1.807) is 12.1 Å². The fourth-order valence-corrected chi connectivity index (χ4v) is 3.12. The van der Waals surface area contributed by atoms with Crippen LogP contribution in [-0.4, -0.2) is 33.0 Å². The van der Waals surface area contributed by atoms with Crippen LogP contribution >= 0.6 is 0 Å². The second-order valence-corrected chi connectivity index (χ2v) is 6.85. The number of ether oxygens (including phenoxy) is 5. The second-order valence-electron chi connectivity index (χ2n) is 6.85. The summed E-state index contributed by atoms with van der Waals surface area (Å²) in [5.74, 6) is 2.64. The summed E-state index contributed by atoms with van der Waals surface area (Å²) in [5.41, 5.74) is 0.716. The van der Waals surface area contributed by atoms with E-state index in [0.29, 0.717) is 47.5 Å². The minimum Gasteiger partial charge on any atom is -0.493 e. The van der Waals surface area contributed by atoms with Crippen LogP contribution in [0.3, 0.4) is 0 Å². The number of rotatable bonds is 4. The van der Waals surface area contributed by atoms with Crippen molar-refractivity contribution in [3.05, 3.63) is 41.5 Å². The Labute approximate surface area is 157 Å². The Kier molecular flexibility index (Phi) is 4.22. The Bertz CT molecular complexity index is 875. The van der Waals surface area contributed by atoms with E-state index in [1.807, 2.05) is 32.0 Å². The summed E-state index contributed by atoms with van der Waals surface area (Å²) in [6, 6.07) is 8.96. The SMILES string of the molecule is COc1cc(C(=O)NC(C)(C)c2ccc3c(c2)OCO3)cc2c1OCCO2.